The molecule has 0 aromatic heterocycles. The summed E-state index contributed by atoms with van der Waals surface area (Å²) in [5.74, 6) is 0.490. The van der Waals surface area contributed by atoms with E-state index < -0.39 is 10.0 Å². The number of ether oxygens (including phenoxy) is 1. The van der Waals surface area contributed by atoms with E-state index in [0.717, 1.165) is 18.4 Å². The molecule has 27 heavy (non-hydrogen) atoms. The van der Waals surface area contributed by atoms with Gasteiger partial charge in [0.25, 0.3) is 15.9 Å². The number of nitrogens with one attached hydrogen (secondary N) is 1. The van der Waals surface area contributed by atoms with Gasteiger partial charge in [0.1, 0.15) is 5.75 Å². The van der Waals surface area contributed by atoms with Crippen molar-refractivity contribution in [2.45, 2.75) is 31.6 Å². The van der Waals surface area contributed by atoms with Gasteiger partial charge in [-0.15, -0.1) is 0 Å². The molecular formula is C20H24N2O4S. The molecule has 1 heterocycles. The van der Waals surface area contributed by atoms with Gasteiger partial charge in [-0.3, -0.25) is 9.52 Å². The van der Waals surface area contributed by atoms with Crippen LogP contribution in [0.5, 0.6) is 5.75 Å². The summed E-state index contributed by atoms with van der Waals surface area (Å²) < 4.78 is 33.8. The predicted molar refractivity (Wildman–Crippen MR) is 105 cm³/mol. The van der Waals surface area contributed by atoms with Gasteiger partial charge >= 0.3 is 0 Å². The molecule has 144 valence electrons. The van der Waals surface area contributed by atoms with Crippen LogP contribution in [-0.2, 0) is 10.0 Å². The van der Waals surface area contributed by atoms with Crippen LogP contribution in [0.25, 0.3) is 0 Å². The summed E-state index contributed by atoms with van der Waals surface area (Å²) in [4.78, 5) is 14.7. The van der Waals surface area contributed by atoms with Crippen LogP contribution in [0.3, 0.4) is 0 Å². The summed E-state index contributed by atoms with van der Waals surface area (Å²) in [6.45, 7) is 4.97. The van der Waals surface area contributed by atoms with Gasteiger partial charge in [0.2, 0.25) is 0 Å². The van der Waals surface area contributed by atoms with Gasteiger partial charge in [0, 0.05) is 13.1 Å². The van der Waals surface area contributed by atoms with E-state index >= 15 is 0 Å². The molecule has 1 N–H and O–H groups in total. The third-order valence-electron chi connectivity index (χ3n) is 4.99. The highest BCUT2D eigenvalue weighted by Gasteiger charge is 2.25. The Bertz CT molecular complexity index is 964. The molecule has 0 radical (unpaired) electrons. The SMILES string of the molecule is COc1ccc(S(=O)(=O)Nc2ccccc2C(=O)N2CCCC2)c(C)c1C. The summed E-state index contributed by atoms with van der Waals surface area (Å²) in [5.41, 5.74) is 2.04. The third kappa shape index (κ3) is 3.78. The molecule has 3 rings (SSSR count). The number of hydrogen-bond acceptors (Lipinski definition) is 4. The van der Waals surface area contributed by atoms with Crippen molar-refractivity contribution in [1.29, 1.82) is 0 Å². The minimum Gasteiger partial charge on any atom is -0.496 e. The maximum atomic E-state index is 13.0. The Morgan fingerprint density at radius 3 is 2.37 bits per heavy atom. The van der Waals surface area contributed by atoms with Crippen molar-refractivity contribution in [1.82, 2.24) is 4.90 Å². The van der Waals surface area contributed by atoms with Gasteiger partial charge in [0.05, 0.1) is 23.3 Å². The number of carbonyl (C=O) groups excluding carboxylic acids is 1. The average molecular weight is 388 g/mol. The quantitative estimate of drug-likeness (QED) is 0.852. The number of methoxy groups -OCH3 is 1. The van der Waals surface area contributed by atoms with E-state index in [4.69, 9.17) is 4.74 Å². The minimum atomic E-state index is -3.85. The molecule has 1 aliphatic rings. The molecule has 0 saturated carbocycles. The van der Waals surface area contributed by atoms with Crippen molar-refractivity contribution in [2.75, 3.05) is 24.9 Å². The van der Waals surface area contributed by atoms with E-state index in [1.165, 1.54) is 6.07 Å². The Morgan fingerprint density at radius 2 is 1.70 bits per heavy atom. The van der Waals surface area contributed by atoms with Crippen LogP contribution in [0.2, 0.25) is 0 Å². The molecule has 7 heteroatoms. The number of para-hydroxylation sites is 1. The van der Waals surface area contributed by atoms with Gasteiger partial charge in [-0.1, -0.05) is 12.1 Å². The Morgan fingerprint density at radius 1 is 1.04 bits per heavy atom. The zero-order valence-electron chi connectivity index (χ0n) is 15.8. The highest BCUT2D eigenvalue weighted by molar-refractivity contribution is 7.92. The molecule has 0 aliphatic carbocycles. The zero-order chi connectivity index (χ0) is 19.6. The molecule has 0 unspecified atom stereocenters. The molecule has 0 atom stereocenters. The maximum absolute atomic E-state index is 13.0. The first-order chi connectivity index (χ1) is 12.8. The fraction of sp³-hybridized carbons (Fsp3) is 0.350. The average Bonchev–Trinajstić information content (AvgIpc) is 3.18. The van der Waals surface area contributed by atoms with E-state index in [0.29, 0.717) is 35.7 Å². The van der Waals surface area contributed by atoms with E-state index in [1.807, 2.05) is 6.92 Å². The molecule has 0 spiro atoms. The lowest BCUT2D eigenvalue weighted by Gasteiger charge is -2.19. The first-order valence-electron chi connectivity index (χ1n) is 8.90. The van der Waals surface area contributed by atoms with Crippen LogP contribution in [-0.4, -0.2) is 39.4 Å². The van der Waals surface area contributed by atoms with Crippen molar-refractivity contribution in [2.24, 2.45) is 0 Å². The Labute approximate surface area is 160 Å². The number of rotatable bonds is 5. The maximum Gasteiger partial charge on any atom is 0.262 e. The summed E-state index contributed by atoms with van der Waals surface area (Å²) in [5, 5.41) is 0. The molecule has 1 amide bonds. The fourth-order valence-electron chi connectivity index (χ4n) is 3.33. The highest BCUT2D eigenvalue weighted by Crippen LogP contribution is 2.29. The van der Waals surface area contributed by atoms with E-state index in [-0.39, 0.29) is 10.8 Å². The summed E-state index contributed by atoms with van der Waals surface area (Å²) >= 11 is 0. The summed E-state index contributed by atoms with van der Waals surface area (Å²) in [6.07, 6.45) is 1.95. The van der Waals surface area contributed by atoms with Gasteiger partial charge in [-0.05, 0) is 62.1 Å². The molecule has 2 aromatic rings. The Hall–Kier alpha value is -2.54. The van der Waals surface area contributed by atoms with Gasteiger partial charge in [0.15, 0.2) is 0 Å². The van der Waals surface area contributed by atoms with Crippen LogP contribution in [0, 0.1) is 13.8 Å². The number of anilines is 1. The topological polar surface area (TPSA) is 75.7 Å². The van der Waals surface area contributed by atoms with Crippen LogP contribution < -0.4 is 9.46 Å². The van der Waals surface area contributed by atoms with Crippen molar-refractivity contribution in [3.63, 3.8) is 0 Å². The van der Waals surface area contributed by atoms with Crippen molar-refractivity contribution >= 4 is 21.6 Å². The lowest BCUT2D eigenvalue weighted by molar-refractivity contribution is 0.0794. The van der Waals surface area contributed by atoms with Gasteiger partial charge in [-0.25, -0.2) is 8.42 Å². The normalized spacial score (nSPS) is 14.3. The smallest absolute Gasteiger partial charge is 0.262 e. The second-order valence-electron chi connectivity index (χ2n) is 6.67. The van der Waals surface area contributed by atoms with Crippen LogP contribution in [0.4, 0.5) is 5.69 Å². The van der Waals surface area contributed by atoms with Gasteiger partial charge in [-0.2, -0.15) is 0 Å². The zero-order valence-corrected chi connectivity index (χ0v) is 16.6. The number of nitrogens with zero attached hydrogens (tertiary/aromatic N) is 1. The number of sulfonamides is 1. The Kier molecular flexibility index (Phi) is 5.41. The summed E-state index contributed by atoms with van der Waals surface area (Å²) in [6, 6.07) is 9.89. The number of carbonyl (C=O) groups is 1. The molecule has 1 aliphatic heterocycles. The molecule has 2 aromatic carbocycles. The van der Waals surface area contributed by atoms with Crippen molar-refractivity contribution in [3.8, 4) is 5.75 Å². The van der Waals surface area contributed by atoms with Crippen molar-refractivity contribution < 1.29 is 17.9 Å². The van der Waals surface area contributed by atoms with Gasteiger partial charge < -0.3 is 9.64 Å². The van der Waals surface area contributed by atoms with Crippen molar-refractivity contribution in [3.05, 3.63) is 53.1 Å². The second-order valence-corrected chi connectivity index (χ2v) is 8.32. The Balaban J connectivity index is 1.96. The lowest BCUT2D eigenvalue weighted by Crippen LogP contribution is -2.29. The molecule has 6 nitrogen and oxygen atoms in total. The van der Waals surface area contributed by atoms with E-state index in [1.54, 1.807) is 49.3 Å². The third-order valence-corrected chi connectivity index (χ3v) is 6.50. The van der Waals surface area contributed by atoms with E-state index in [9.17, 15) is 13.2 Å². The predicted octanol–water partition coefficient (Wildman–Crippen LogP) is 3.35. The summed E-state index contributed by atoms with van der Waals surface area (Å²) in [7, 11) is -2.30. The largest absolute Gasteiger partial charge is 0.496 e. The number of benzene rings is 2. The standard InChI is InChI=1S/C20H24N2O4S/c1-14-15(2)19(11-10-18(14)26-3)27(24,25)21-17-9-5-4-8-16(17)20(23)22-12-6-7-13-22/h4-5,8-11,21H,6-7,12-13H2,1-3H3. The fourth-order valence-corrected chi connectivity index (χ4v) is 4.71. The molecule has 1 saturated heterocycles. The molecule has 0 bridgehead atoms. The van der Waals surface area contributed by atoms with Crippen LogP contribution in [0.15, 0.2) is 41.3 Å². The first kappa shape index (κ1) is 19.2. The number of likely N-dealkylation sites (tertiary alicyclic amines) is 1. The highest BCUT2D eigenvalue weighted by atomic mass is 32.2. The second kappa shape index (κ2) is 7.60. The number of amides is 1. The molecule has 1 fully saturated rings. The first-order valence-corrected chi connectivity index (χ1v) is 10.4. The minimum absolute atomic E-state index is 0.145. The van der Waals surface area contributed by atoms with E-state index in [2.05, 4.69) is 4.72 Å². The van der Waals surface area contributed by atoms with Crippen LogP contribution in [0.1, 0.15) is 34.3 Å². The number of hydrogen-bond donors (Lipinski definition) is 1. The molecular weight excluding hydrogens is 364 g/mol. The van der Waals surface area contributed by atoms with Crippen LogP contribution >= 0.6 is 0 Å². The monoisotopic (exact) mass is 388 g/mol. The lowest BCUT2D eigenvalue weighted by atomic mass is 10.1.